The average Bonchev–Trinajstić information content (AvgIpc) is 2.68. The van der Waals surface area contributed by atoms with E-state index in [0.717, 1.165) is 16.3 Å². The Kier molecular flexibility index (Phi) is 5.59. The number of amides is 1. The molecule has 2 N–H and O–H groups in total. The third-order valence-electron chi connectivity index (χ3n) is 5.29. The van der Waals surface area contributed by atoms with Crippen LogP contribution in [0.15, 0.2) is 42.5 Å². The fourth-order valence-corrected chi connectivity index (χ4v) is 3.88. The summed E-state index contributed by atoms with van der Waals surface area (Å²) in [5, 5.41) is 15.9. The van der Waals surface area contributed by atoms with Gasteiger partial charge in [-0.25, -0.2) is 0 Å². The highest BCUT2D eigenvalue weighted by molar-refractivity contribution is 5.82. The van der Waals surface area contributed by atoms with E-state index in [1.165, 1.54) is 6.92 Å². The van der Waals surface area contributed by atoms with Gasteiger partial charge in [-0.2, -0.15) is 0 Å². The first kappa shape index (κ1) is 20.3. The Hall–Kier alpha value is -2.03. The van der Waals surface area contributed by atoms with E-state index < -0.39 is 36.4 Å². The van der Waals surface area contributed by atoms with E-state index in [1.807, 2.05) is 30.3 Å². The van der Waals surface area contributed by atoms with E-state index in [0.29, 0.717) is 0 Å². The van der Waals surface area contributed by atoms with Gasteiger partial charge in [0.25, 0.3) is 0 Å². The molecule has 0 radical (unpaired) electrons. The molecule has 2 heterocycles. The summed E-state index contributed by atoms with van der Waals surface area (Å²) in [7, 11) is 0. The molecular formula is C22H27NO6. The average molecular weight is 401 g/mol. The van der Waals surface area contributed by atoms with Crippen LogP contribution in [0.2, 0.25) is 0 Å². The number of hydrogen-bond donors (Lipinski definition) is 2. The van der Waals surface area contributed by atoms with Crippen molar-refractivity contribution in [2.24, 2.45) is 0 Å². The van der Waals surface area contributed by atoms with Crippen molar-refractivity contribution in [3.05, 3.63) is 48.0 Å². The number of ether oxygens (including phenoxy) is 4. The summed E-state index contributed by atoms with van der Waals surface area (Å²) in [6.45, 7) is 5.52. The fourth-order valence-electron chi connectivity index (χ4n) is 3.88. The predicted octanol–water partition coefficient (Wildman–Crippen LogP) is 2.10. The maximum Gasteiger partial charge on any atom is 0.217 e. The van der Waals surface area contributed by atoms with E-state index in [9.17, 15) is 9.90 Å². The molecule has 4 rings (SSSR count). The maximum atomic E-state index is 11.7. The Bertz CT molecular complexity index is 884. The molecule has 2 aromatic rings. The smallest absolute Gasteiger partial charge is 0.217 e. The van der Waals surface area contributed by atoms with Crippen LogP contribution in [0.4, 0.5) is 0 Å². The third kappa shape index (κ3) is 4.44. The second-order valence-corrected chi connectivity index (χ2v) is 8.05. The first-order valence-electron chi connectivity index (χ1n) is 9.84. The van der Waals surface area contributed by atoms with Gasteiger partial charge in [0, 0.05) is 6.92 Å². The second-order valence-electron chi connectivity index (χ2n) is 8.05. The topological polar surface area (TPSA) is 86.3 Å². The van der Waals surface area contributed by atoms with Gasteiger partial charge < -0.3 is 29.4 Å². The minimum atomic E-state index is -0.984. The van der Waals surface area contributed by atoms with Gasteiger partial charge in [0.15, 0.2) is 12.1 Å². The number of rotatable bonds is 4. The third-order valence-corrected chi connectivity index (χ3v) is 5.29. The van der Waals surface area contributed by atoms with Crippen molar-refractivity contribution in [2.75, 3.05) is 6.61 Å². The summed E-state index contributed by atoms with van der Waals surface area (Å²) in [4.78, 5) is 11.7. The highest BCUT2D eigenvalue weighted by Gasteiger charge is 2.51. The van der Waals surface area contributed by atoms with Gasteiger partial charge in [0.05, 0.1) is 13.2 Å². The molecule has 29 heavy (non-hydrogen) atoms. The number of fused-ring (bicyclic) bond motifs is 2. The van der Waals surface area contributed by atoms with Crippen LogP contribution >= 0.6 is 0 Å². The molecule has 0 aromatic heterocycles. The Morgan fingerprint density at radius 2 is 2.00 bits per heavy atom. The highest BCUT2D eigenvalue weighted by Crippen LogP contribution is 2.33. The van der Waals surface area contributed by atoms with Gasteiger partial charge in [-0.3, -0.25) is 4.79 Å². The van der Waals surface area contributed by atoms with Gasteiger partial charge in [-0.05, 0) is 36.2 Å². The number of carbonyl (C=O) groups is 1. The van der Waals surface area contributed by atoms with Crippen molar-refractivity contribution in [1.82, 2.24) is 5.32 Å². The minimum absolute atomic E-state index is 0.275. The molecule has 5 atom stereocenters. The molecule has 7 nitrogen and oxygen atoms in total. The molecule has 0 bridgehead atoms. The van der Waals surface area contributed by atoms with Crippen LogP contribution in [-0.4, -0.2) is 54.1 Å². The quantitative estimate of drug-likeness (QED) is 0.816. The number of aliphatic hydroxyl groups excluding tert-OH is 1. The molecule has 0 aliphatic carbocycles. The van der Waals surface area contributed by atoms with Gasteiger partial charge in [-0.1, -0.05) is 36.4 Å². The SMILES string of the molecule is CC(=O)N[C@H]1[C@@H](OCc2ccc3ccccc3c2)O[C@H]2COC(C)(C)O[C@@H]2[C@H]1O. The lowest BCUT2D eigenvalue weighted by Crippen LogP contribution is -2.68. The van der Waals surface area contributed by atoms with E-state index in [1.54, 1.807) is 13.8 Å². The summed E-state index contributed by atoms with van der Waals surface area (Å²) in [5.41, 5.74) is 0.975. The van der Waals surface area contributed by atoms with Gasteiger partial charge in [-0.15, -0.1) is 0 Å². The van der Waals surface area contributed by atoms with Crippen LogP contribution < -0.4 is 5.32 Å². The van der Waals surface area contributed by atoms with Crippen LogP contribution in [0, 0.1) is 0 Å². The largest absolute Gasteiger partial charge is 0.388 e. The van der Waals surface area contributed by atoms with E-state index in [4.69, 9.17) is 18.9 Å². The molecule has 156 valence electrons. The first-order chi connectivity index (χ1) is 13.8. The molecule has 2 aromatic carbocycles. The number of aliphatic hydroxyl groups is 1. The molecule has 7 heteroatoms. The van der Waals surface area contributed by atoms with Crippen molar-refractivity contribution in [3.8, 4) is 0 Å². The molecule has 0 saturated carbocycles. The number of nitrogens with one attached hydrogen (secondary N) is 1. The normalized spacial score (nSPS) is 31.2. The summed E-state index contributed by atoms with van der Waals surface area (Å²) in [6.07, 6.45) is -2.90. The predicted molar refractivity (Wildman–Crippen MR) is 106 cm³/mol. The zero-order chi connectivity index (χ0) is 20.6. The Morgan fingerprint density at radius 1 is 1.24 bits per heavy atom. The van der Waals surface area contributed by atoms with E-state index >= 15 is 0 Å². The zero-order valence-electron chi connectivity index (χ0n) is 16.8. The van der Waals surface area contributed by atoms with Crippen LogP contribution in [0.25, 0.3) is 10.8 Å². The lowest BCUT2D eigenvalue weighted by molar-refractivity contribution is -0.369. The lowest BCUT2D eigenvalue weighted by Gasteiger charge is -2.49. The highest BCUT2D eigenvalue weighted by atomic mass is 16.8. The number of hydrogen-bond acceptors (Lipinski definition) is 6. The summed E-state index contributed by atoms with van der Waals surface area (Å²) in [5.74, 6) is -1.10. The minimum Gasteiger partial charge on any atom is -0.388 e. The van der Waals surface area contributed by atoms with Crippen molar-refractivity contribution in [1.29, 1.82) is 0 Å². The Balaban J connectivity index is 1.50. The monoisotopic (exact) mass is 401 g/mol. The molecule has 2 aliphatic rings. The molecule has 2 aliphatic heterocycles. The van der Waals surface area contributed by atoms with Crippen molar-refractivity contribution < 1.29 is 28.8 Å². The van der Waals surface area contributed by atoms with Crippen LogP contribution in [0.1, 0.15) is 26.3 Å². The van der Waals surface area contributed by atoms with Crippen LogP contribution in [0.3, 0.4) is 0 Å². The number of benzene rings is 2. The molecule has 1 amide bonds. The molecule has 2 fully saturated rings. The van der Waals surface area contributed by atoms with E-state index in [2.05, 4.69) is 17.4 Å². The Labute approximate surface area is 169 Å². The fraction of sp³-hybridized carbons (Fsp3) is 0.500. The zero-order valence-corrected chi connectivity index (χ0v) is 16.8. The Morgan fingerprint density at radius 3 is 2.76 bits per heavy atom. The molecule has 0 spiro atoms. The van der Waals surface area contributed by atoms with Gasteiger partial charge in [0.2, 0.25) is 5.91 Å². The van der Waals surface area contributed by atoms with Gasteiger partial charge >= 0.3 is 0 Å². The molecular weight excluding hydrogens is 374 g/mol. The van der Waals surface area contributed by atoms with Crippen molar-refractivity contribution >= 4 is 16.7 Å². The van der Waals surface area contributed by atoms with Crippen molar-refractivity contribution in [3.63, 3.8) is 0 Å². The summed E-state index contributed by atoms with van der Waals surface area (Å²) in [6, 6.07) is 13.4. The summed E-state index contributed by atoms with van der Waals surface area (Å²) < 4.78 is 23.5. The van der Waals surface area contributed by atoms with Crippen LogP contribution in [-0.2, 0) is 30.3 Å². The first-order valence-corrected chi connectivity index (χ1v) is 9.84. The standard InChI is InChI=1S/C22H27NO6/c1-13(24)23-18-19(25)20-17(12-27-22(2,3)29-20)28-21(18)26-11-14-8-9-15-6-4-5-7-16(15)10-14/h4-10,17-21,25H,11-12H2,1-3H3,(H,23,24)/t17-,18+,19-,20-,21-/m0/s1. The number of carbonyl (C=O) groups excluding carboxylic acids is 1. The van der Waals surface area contributed by atoms with Crippen LogP contribution in [0.5, 0.6) is 0 Å². The van der Waals surface area contributed by atoms with Crippen molar-refractivity contribution in [2.45, 2.75) is 63.8 Å². The van der Waals surface area contributed by atoms with Gasteiger partial charge in [0.1, 0.15) is 24.4 Å². The maximum absolute atomic E-state index is 11.7. The summed E-state index contributed by atoms with van der Waals surface area (Å²) >= 11 is 0. The van der Waals surface area contributed by atoms with E-state index in [-0.39, 0.29) is 19.1 Å². The lowest BCUT2D eigenvalue weighted by atomic mass is 9.95. The second kappa shape index (κ2) is 8.01. The molecule has 0 unspecified atom stereocenters. The molecule has 2 saturated heterocycles.